The predicted octanol–water partition coefficient (Wildman–Crippen LogP) is 2.41. The van der Waals surface area contributed by atoms with Crippen LogP contribution >= 0.6 is 11.8 Å². The van der Waals surface area contributed by atoms with Crippen molar-refractivity contribution in [3.63, 3.8) is 0 Å². The minimum Gasteiger partial charge on any atom is -0.286 e. The Morgan fingerprint density at radius 2 is 2.19 bits per heavy atom. The highest BCUT2D eigenvalue weighted by molar-refractivity contribution is 8.15. The fourth-order valence-corrected chi connectivity index (χ4v) is 2.78. The number of hydrogen-bond donors (Lipinski definition) is 1. The summed E-state index contributed by atoms with van der Waals surface area (Å²) in [5.41, 5.74) is 0.531. The Bertz CT molecular complexity index is 463. The Morgan fingerprint density at radius 1 is 1.44 bits per heavy atom. The lowest BCUT2D eigenvalue weighted by atomic mass is 9.94. The summed E-state index contributed by atoms with van der Waals surface area (Å²) in [7, 11) is 0. The summed E-state index contributed by atoms with van der Waals surface area (Å²) in [6, 6.07) is 5.82. The number of hydrogen-bond acceptors (Lipinski definition) is 3. The molecule has 1 aliphatic rings. The van der Waals surface area contributed by atoms with Crippen molar-refractivity contribution in [3.05, 3.63) is 35.6 Å². The summed E-state index contributed by atoms with van der Waals surface area (Å²) < 4.78 is 12.2. The van der Waals surface area contributed by atoms with Crippen LogP contribution in [0.1, 0.15) is 18.9 Å². The monoisotopic (exact) mass is 239 g/mol. The summed E-state index contributed by atoms with van der Waals surface area (Å²) in [6.07, 6.45) is 0.443. The average molecular weight is 239 g/mol. The van der Waals surface area contributed by atoms with Crippen molar-refractivity contribution in [2.24, 2.45) is 0 Å². The van der Waals surface area contributed by atoms with E-state index in [0.29, 0.717) is 12.0 Å². The Labute approximate surface area is 96.4 Å². The summed E-state index contributed by atoms with van der Waals surface area (Å²) in [6.45, 7) is 1.80. The van der Waals surface area contributed by atoms with Gasteiger partial charge in [-0.3, -0.25) is 14.9 Å². The fraction of sp³-hybridized carbons (Fsp3) is 0.273. The molecule has 1 aliphatic heterocycles. The van der Waals surface area contributed by atoms with E-state index in [-0.39, 0.29) is 11.1 Å². The number of thioether (sulfide) groups is 1. The first kappa shape index (κ1) is 11.1. The Morgan fingerprint density at radius 3 is 2.69 bits per heavy atom. The third-order valence-electron chi connectivity index (χ3n) is 2.64. The number of nitrogens with one attached hydrogen (secondary N) is 1. The second-order valence-electron chi connectivity index (χ2n) is 3.53. The van der Waals surface area contributed by atoms with Gasteiger partial charge in [0.2, 0.25) is 5.91 Å². The number of imide groups is 1. The van der Waals surface area contributed by atoms with E-state index in [0.717, 1.165) is 11.8 Å². The molecule has 0 aliphatic carbocycles. The number of carbonyl (C=O) groups excluding carboxylic acids is 2. The van der Waals surface area contributed by atoms with Gasteiger partial charge in [0, 0.05) is 0 Å². The SMILES string of the molecule is CCC1(c2cccc(F)c2)SC(=O)NC1=O. The zero-order valence-corrected chi connectivity index (χ0v) is 9.44. The van der Waals surface area contributed by atoms with E-state index in [4.69, 9.17) is 0 Å². The van der Waals surface area contributed by atoms with E-state index in [2.05, 4.69) is 5.32 Å². The minimum absolute atomic E-state index is 0.365. The van der Waals surface area contributed by atoms with Gasteiger partial charge in [0.25, 0.3) is 5.24 Å². The standard InChI is InChI=1S/C11H10FNO2S/c1-2-11(9(14)13-10(15)16-11)7-4-3-5-8(12)6-7/h3-6H,2H2,1H3,(H,13,14,15). The predicted molar refractivity (Wildman–Crippen MR) is 59.5 cm³/mol. The van der Waals surface area contributed by atoms with E-state index in [9.17, 15) is 14.0 Å². The molecule has 0 radical (unpaired) electrons. The summed E-state index contributed by atoms with van der Waals surface area (Å²) in [5.74, 6) is -0.770. The van der Waals surface area contributed by atoms with Gasteiger partial charge in [-0.1, -0.05) is 19.1 Å². The molecular weight excluding hydrogens is 229 g/mol. The number of benzene rings is 1. The van der Waals surface area contributed by atoms with Gasteiger partial charge in [-0.25, -0.2) is 4.39 Å². The normalized spacial score (nSPS) is 24.6. The zero-order chi connectivity index (χ0) is 11.8. The van der Waals surface area contributed by atoms with Crippen LogP contribution in [0.25, 0.3) is 0 Å². The first-order valence-corrected chi connectivity index (χ1v) is 5.70. The van der Waals surface area contributed by atoms with Crippen LogP contribution in [0.15, 0.2) is 24.3 Å². The van der Waals surface area contributed by atoms with Crippen LogP contribution in [0.4, 0.5) is 9.18 Å². The van der Waals surface area contributed by atoms with Gasteiger partial charge in [0.1, 0.15) is 10.6 Å². The van der Waals surface area contributed by atoms with E-state index in [1.165, 1.54) is 12.1 Å². The Balaban J connectivity index is 2.50. The molecule has 0 aromatic heterocycles. The molecule has 5 heteroatoms. The molecule has 1 atom stereocenters. The third-order valence-corrected chi connectivity index (χ3v) is 3.98. The maximum atomic E-state index is 13.1. The van der Waals surface area contributed by atoms with Crippen LogP contribution in [0.3, 0.4) is 0 Å². The van der Waals surface area contributed by atoms with Gasteiger partial charge < -0.3 is 0 Å². The molecule has 1 aromatic carbocycles. The molecule has 0 spiro atoms. The number of rotatable bonds is 2. The molecule has 3 nitrogen and oxygen atoms in total. The second-order valence-corrected chi connectivity index (χ2v) is 4.81. The van der Waals surface area contributed by atoms with Crippen molar-refractivity contribution in [3.8, 4) is 0 Å². The van der Waals surface area contributed by atoms with Gasteiger partial charge in [-0.05, 0) is 35.9 Å². The molecule has 1 aromatic rings. The molecule has 0 bridgehead atoms. The molecule has 1 saturated heterocycles. The van der Waals surface area contributed by atoms with Crippen LogP contribution in [0.2, 0.25) is 0 Å². The van der Waals surface area contributed by atoms with Crippen molar-refractivity contribution >= 4 is 22.9 Å². The van der Waals surface area contributed by atoms with E-state index < -0.39 is 10.6 Å². The van der Waals surface area contributed by atoms with Crippen LogP contribution in [-0.4, -0.2) is 11.1 Å². The van der Waals surface area contributed by atoms with Crippen LogP contribution in [-0.2, 0) is 9.54 Å². The van der Waals surface area contributed by atoms with E-state index in [1.807, 2.05) is 0 Å². The minimum atomic E-state index is -0.973. The molecule has 1 unspecified atom stereocenters. The Hall–Kier alpha value is -1.36. The third kappa shape index (κ3) is 1.61. The first-order valence-electron chi connectivity index (χ1n) is 4.89. The number of halogens is 1. The van der Waals surface area contributed by atoms with Crippen molar-refractivity contribution < 1.29 is 14.0 Å². The van der Waals surface area contributed by atoms with Crippen molar-refractivity contribution in [2.75, 3.05) is 0 Å². The maximum absolute atomic E-state index is 13.1. The van der Waals surface area contributed by atoms with Gasteiger partial charge in [0.15, 0.2) is 0 Å². The lowest BCUT2D eigenvalue weighted by Gasteiger charge is -2.22. The second kappa shape index (κ2) is 3.90. The highest BCUT2D eigenvalue weighted by Crippen LogP contribution is 2.44. The summed E-state index contributed by atoms with van der Waals surface area (Å²) in [4.78, 5) is 23.0. The molecule has 1 N–H and O–H groups in total. The van der Waals surface area contributed by atoms with Crippen LogP contribution < -0.4 is 5.32 Å². The largest absolute Gasteiger partial charge is 0.287 e. The number of carbonyl (C=O) groups is 2. The molecule has 2 amide bonds. The van der Waals surface area contributed by atoms with Gasteiger partial charge in [-0.15, -0.1) is 0 Å². The Kier molecular flexibility index (Phi) is 2.71. The lowest BCUT2D eigenvalue weighted by Crippen LogP contribution is -2.33. The van der Waals surface area contributed by atoms with Gasteiger partial charge in [0.05, 0.1) is 0 Å². The van der Waals surface area contributed by atoms with Crippen molar-refractivity contribution in [1.29, 1.82) is 0 Å². The highest BCUT2D eigenvalue weighted by Gasteiger charge is 2.47. The zero-order valence-electron chi connectivity index (χ0n) is 8.62. The van der Waals surface area contributed by atoms with Crippen LogP contribution in [0, 0.1) is 5.82 Å². The molecule has 0 saturated carbocycles. The number of amides is 2. The molecule has 1 heterocycles. The molecule has 84 valence electrons. The quantitative estimate of drug-likeness (QED) is 0.862. The van der Waals surface area contributed by atoms with E-state index in [1.54, 1.807) is 19.1 Å². The maximum Gasteiger partial charge on any atom is 0.287 e. The topological polar surface area (TPSA) is 46.2 Å². The van der Waals surface area contributed by atoms with Crippen LogP contribution in [0.5, 0.6) is 0 Å². The van der Waals surface area contributed by atoms with Gasteiger partial charge >= 0.3 is 0 Å². The molecular formula is C11H10FNO2S. The average Bonchev–Trinajstić information content (AvgIpc) is 2.54. The van der Waals surface area contributed by atoms with Crippen molar-refractivity contribution in [2.45, 2.75) is 18.1 Å². The fourth-order valence-electron chi connectivity index (χ4n) is 1.79. The lowest BCUT2D eigenvalue weighted by molar-refractivity contribution is -0.122. The summed E-state index contributed by atoms with van der Waals surface area (Å²) >= 11 is 0.917. The smallest absolute Gasteiger partial charge is 0.286 e. The molecule has 1 fully saturated rings. The summed E-state index contributed by atoms with van der Waals surface area (Å²) in [5, 5.41) is 1.86. The molecule has 16 heavy (non-hydrogen) atoms. The van der Waals surface area contributed by atoms with E-state index >= 15 is 0 Å². The highest BCUT2D eigenvalue weighted by atomic mass is 32.2. The molecule has 2 rings (SSSR count). The van der Waals surface area contributed by atoms with Gasteiger partial charge in [-0.2, -0.15) is 0 Å². The first-order chi connectivity index (χ1) is 7.58. The van der Waals surface area contributed by atoms with Crippen molar-refractivity contribution in [1.82, 2.24) is 5.32 Å².